The number of carbonyl (C=O) groups excluding carboxylic acids is 1. The van der Waals surface area contributed by atoms with Gasteiger partial charge in [0.2, 0.25) is 0 Å². The highest BCUT2D eigenvalue weighted by Crippen LogP contribution is 1.99. The second-order valence-electron chi connectivity index (χ2n) is 3.36. The lowest BCUT2D eigenvalue weighted by atomic mass is 10.1. The second-order valence-corrected chi connectivity index (χ2v) is 3.36. The monoisotopic (exact) mass is 194 g/mol. The van der Waals surface area contributed by atoms with Crippen molar-refractivity contribution in [2.75, 3.05) is 6.61 Å². The van der Waals surface area contributed by atoms with E-state index in [2.05, 4.69) is 9.97 Å². The predicted octanol–water partition coefficient (Wildman–Crippen LogP) is 1.22. The van der Waals surface area contributed by atoms with Gasteiger partial charge in [-0.25, -0.2) is 9.97 Å². The number of ether oxygens (including phenoxy) is 1. The van der Waals surface area contributed by atoms with Crippen LogP contribution in [-0.4, -0.2) is 22.4 Å². The Morgan fingerprint density at radius 1 is 1.43 bits per heavy atom. The number of ketones is 1. The van der Waals surface area contributed by atoms with Crippen LogP contribution in [0.2, 0.25) is 0 Å². The summed E-state index contributed by atoms with van der Waals surface area (Å²) in [6, 6.07) is 0. The van der Waals surface area contributed by atoms with Gasteiger partial charge in [-0.2, -0.15) is 0 Å². The normalized spacial score (nSPS) is 10.5. The molecule has 1 heterocycles. The minimum Gasteiger partial charge on any atom is -0.369 e. The molecule has 76 valence electrons. The average Bonchev–Trinajstić information content (AvgIpc) is 2.19. The van der Waals surface area contributed by atoms with Gasteiger partial charge >= 0.3 is 0 Å². The molecule has 0 spiro atoms. The zero-order valence-corrected chi connectivity index (χ0v) is 8.43. The van der Waals surface area contributed by atoms with Gasteiger partial charge in [-0.1, -0.05) is 13.8 Å². The van der Waals surface area contributed by atoms with Crippen LogP contribution >= 0.6 is 0 Å². The van der Waals surface area contributed by atoms with Crippen molar-refractivity contribution in [1.82, 2.24) is 9.97 Å². The van der Waals surface area contributed by atoms with Crippen LogP contribution in [0.1, 0.15) is 19.4 Å². The highest BCUT2D eigenvalue weighted by atomic mass is 16.5. The molecule has 0 aliphatic carbocycles. The van der Waals surface area contributed by atoms with Crippen molar-refractivity contribution in [2.45, 2.75) is 20.5 Å². The molecule has 4 nitrogen and oxygen atoms in total. The van der Waals surface area contributed by atoms with E-state index in [0.29, 0.717) is 6.61 Å². The fourth-order valence-electron chi connectivity index (χ4n) is 0.841. The van der Waals surface area contributed by atoms with Gasteiger partial charge in [0.25, 0.3) is 0 Å². The Morgan fingerprint density at radius 2 is 2.07 bits per heavy atom. The van der Waals surface area contributed by atoms with E-state index >= 15 is 0 Å². The molecule has 1 aromatic rings. The molecule has 0 radical (unpaired) electrons. The van der Waals surface area contributed by atoms with Crippen molar-refractivity contribution in [3.05, 3.63) is 24.3 Å². The quantitative estimate of drug-likeness (QED) is 0.707. The van der Waals surface area contributed by atoms with Crippen molar-refractivity contribution in [1.29, 1.82) is 0 Å². The number of hydrogen-bond acceptors (Lipinski definition) is 4. The predicted molar refractivity (Wildman–Crippen MR) is 51.5 cm³/mol. The van der Waals surface area contributed by atoms with E-state index in [-0.39, 0.29) is 18.3 Å². The van der Waals surface area contributed by atoms with E-state index in [0.717, 1.165) is 5.56 Å². The van der Waals surface area contributed by atoms with Crippen molar-refractivity contribution in [3.63, 3.8) is 0 Å². The number of hydrogen-bond donors (Lipinski definition) is 0. The van der Waals surface area contributed by atoms with Gasteiger partial charge in [-0.3, -0.25) is 4.79 Å². The molecule has 0 atom stereocenters. The Labute approximate surface area is 83.3 Å². The van der Waals surface area contributed by atoms with Crippen LogP contribution in [0.4, 0.5) is 0 Å². The van der Waals surface area contributed by atoms with Crippen molar-refractivity contribution in [2.24, 2.45) is 5.92 Å². The second kappa shape index (κ2) is 5.44. The minimum atomic E-state index is 0.0297. The van der Waals surface area contributed by atoms with Gasteiger partial charge in [0, 0.05) is 23.9 Å². The minimum absolute atomic E-state index is 0.0297. The van der Waals surface area contributed by atoms with Gasteiger partial charge in [-0.05, 0) is 0 Å². The van der Waals surface area contributed by atoms with E-state index in [1.54, 1.807) is 12.4 Å². The number of aromatic nitrogens is 2. The highest BCUT2D eigenvalue weighted by molar-refractivity contribution is 5.81. The molecular formula is C10H14N2O2. The average molecular weight is 194 g/mol. The molecule has 1 aromatic heterocycles. The first-order chi connectivity index (χ1) is 6.70. The Balaban J connectivity index is 2.26. The van der Waals surface area contributed by atoms with Crippen LogP contribution in [0, 0.1) is 5.92 Å². The molecule has 0 amide bonds. The largest absolute Gasteiger partial charge is 0.369 e. The van der Waals surface area contributed by atoms with E-state index in [4.69, 9.17) is 4.74 Å². The summed E-state index contributed by atoms with van der Waals surface area (Å²) in [5.74, 6) is 0.142. The Hall–Kier alpha value is -1.29. The SMILES string of the molecule is CC(C)C(=O)COCc1cncnc1. The first-order valence-electron chi connectivity index (χ1n) is 4.54. The molecule has 0 aromatic carbocycles. The standard InChI is InChI=1S/C10H14N2O2/c1-8(2)10(13)6-14-5-9-3-11-7-12-4-9/h3-4,7-8H,5-6H2,1-2H3. The molecule has 0 aliphatic heterocycles. The Morgan fingerprint density at radius 3 is 2.64 bits per heavy atom. The number of rotatable bonds is 5. The van der Waals surface area contributed by atoms with Gasteiger partial charge in [0.05, 0.1) is 6.61 Å². The summed E-state index contributed by atoms with van der Waals surface area (Å²) >= 11 is 0. The van der Waals surface area contributed by atoms with Crippen molar-refractivity contribution >= 4 is 5.78 Å². The summed E-state index contributed by atoms with van der Waals surface area (Å²) in [5, 5.41) is 0. The number of carbonyl (C=O) groups is 1. The summed E-state index contributed by atoms with van der Waals surface area (Å²) in [4.78, 5) is 18.9. The molecule has 0 N–H and O–H groups in total. The molecule has 4 heteroatoms. The van der Waals surface area contributed by atoms with Crippen molar-refractivity contribution < 1.29 is 9.53 Å². The summed E-state index contributed by atoms with van der Waals surface area (Å²) in [6.07, 6.45) is 4.81. The summed E-state index contributed by atoms with van der Waals surface area (Å²) in [6.45, 7) is 4.26. The third kappa shape index (κ3) is 3.62. The summed E-state index contributed by atoms with van der Waals surface area (Å²) in [5.41, 5.74) is 0.879. The van der Waals surface area contributed by atoms with Crippen LogP contribution < -0.4 is 0 Å². The molecule has 0 aliphatic rings. The smallest absolute Gasteiger partial charge is 0.160 e. The van der Waals surface area contributed by atoms with E-state index in [9.17, 15) is 4.79 Å². The Bertz CT molecular complexity index is 285. The van der Waals surface area contributed by atoms with E-state index in [1.807, 2.05) is 13.8 Å². The van der Waals surface area contributed by atoms with Crippen LogP contribution in [0.5, 0.6) is 0 Å². The topological polar surface area (TPSA) is 52.1 Å². The van der Waals surface area contributed by atoms with Crippen LogP contribution in [0.3, 0.4) is 0 Å². The molecule has 14 heavy (non-hydrogen) atoms. The maximum atomic E-state index is 11.2. The van der Waals surface area contributed by atoms with E-state index < -0.39 is 0 Å². The van der Waals surface area contributed by atoms with Crippen LogP contribution in [-0.2, 0) is 16.1 Å². The van der Waals surface area contributed by atoms with Gasteiger partial charge in [0.15, 0.2) is 5.78 Å². The third-order valence-electron chi connectivity index (χ3n) is 1.77. The molecule has 0 saturated carbocycles. The molecule has 0 bridgehead atoms. The van der Waals surface area contributed by atoms with Gasteiger partial charge < -0.3 is 4.74 Å². The molecule has 1 rings (SSSR count). The van der Waals surface area contributed by atoms with Crippen molar-refractivity contribution in [3.8, 4) is 0 Å². The first-order valence-corrected chi connectivity index (χ1v) is 4.54. The fourth-order valence-corrected chi connectivity index (χ4v) is 0.841. The lowest BCUT2D eigenvalue weighted by Crippen LogP contribution is -2.14. The van der Waals surface area contributed by atoms with Crippen LogP contribution in [0.25, 0.3) is 0 Å². The van der Waals surface area contributed by atoms with E-state index in [1.165, 1.54) is 6.33 Å². The number of Topliss-reactive ketones (excluding diaryl/α,β-unsaturated/α-hetero) is 1. The molecule has 0 unspecified atom stereocenters. The zero-order chi connectivity index (χ0) is 10.4. The maximum Gasteiger partial charge on any atom is 0.160 e. The Kier molecular flexibility index (Phi) is 4.19. The van der Waals surface area contributed by atoms with Crippen LogP contribution in [0.15, 0.2) is 18.7 Å². The van der Waals surface area contributed by atoms with Gasteiger partial charge in [0.1, 0.15) is 12.9 Å². The lowest BCUT2D eigenvalue weighted by molar-refractivity contribution is -0.126. The molecular weight excluding hydrogens is 180 g/mol. The molecule has 0 saturated heterocycles. The first kappa shape index (κ1) is 10.8. The maximum absolute atomic E-state index is 11.2. The third-order valence-corrected chi connectivity index (χ3v) is 1.77. The lowest BCUT2D eigenvalue weighted by Gasteiger charge is -2.04. The summed E-state index contributed by atoms with van der Waals surface area (Å²) in [7, 11) is 0. The highest BCUT2D eigenvalue weighted by Gasteiger charge is 2.06. The van der Waals surface area contributed by atoms with Gasteiger partial charge in [-0.15, -0.1) is 0 Å². The fraction of sp³-hybridized carbons (Fsp3) is 0.500. The number of nitrogens with zero attached hydrogens (tertiary/aromatic N) is 2. The summed E-state index contributed by atoms with van der Waals surface area (Å²) < 4.78 is 5.21. The zero-order valence-electron chi connectivity index (χ0n) is 8.43. The molecule has 0 fully saturated rings.